The number of carboxylic acids is 1. The quantitative estimate of drug-likeness (QED) is 0.830. The first-order valence-electron chi connectivity index (χ1n) is 6.03. The SMILES string of the molecule is Cc1ccc(C)c(C2CC(=O)N(CC(=O)O)C2=O)c1. The maximum absolute atomic E-state index is 12.2. The fourth-order valence-corrected chi connectivity index (χ4v) is 2.36. The van der Waals surface area contributed by atoms with Crippen LogP contribution in [0.5, 0.6) is 0 Å². The lowest BCUT2D eigenvalue weighted by Crippen LogP contribution is -2.35. The Morgan fingerprint density at radius 1 is 1.37 bits per heavy atom. The third-order valence-electron chi connectivity index (χ3n) is 3.35. The van der Waals surface area contributed by atoms with Gasteiger partial charge >= 0.3 is 5.97 Å². The van der Waals surface area contributed by atoms with Crippen LogP contribution >= 0.6 is 0 Å². The molecule has 0 saturated carbocycles. The minimum Gasteiger partial charge on any atom is -0.480 e. The van der Waals surface area contributed by atoms with Gasteiger partial charge in [-0.25, -0.2) is 0 Å². The van der Waals surface area contributed by atoms with Crippen molar-refractivity contribution in [3.63, 3.8) is 0 Å². The summed E-state index contributed by atoms with van der Waals surface area (Å²) in [5, 5.41) is 8.72. The van der Waals surface area contributed by atoms with Crippen LogP contribution < -0.4 is 0 Å². The molecule has 1 aliphatic heterocycles. The number of carboxylic acid groups (broad SMARTS) is 1. The smallest absolute Gasteiger partial charge is 0.323 e. The molecule has 1 fully saturated rings. The first-order valence-corrected chi connectivity index (χ1v) is 6.03. The average molecular weight is 261 g/mol. The molecule has 5 nitrogen and oxygen atoms in total. The predicted octanol–water partition coefficient (Wildman–Crippen LogP) is 1.23. The Morgan fingerprint density at radius 3 is 2.68 bits per heavy atom. The zero-order valence-corrected chi connectivity index (χ0v) is 10.8. The molecule has 0 spiro atoms. The lowest BCUT2D eigenvalue weighted by molar-refractivity contribution is -0.148. The first-order chi connectivity index (χ1) is 8.90. The van der Waals surface area contributed by atoms with E-state index in [0.29, 0.717) is 0 Å². The summed E-state index contributed by atoms with van der Waals surface area (Å²) in [5.41, 5.74) is 2.76. The molecular formula is C14H15NO4. The van der Waals surface area contributed by atoms with E-state index in [1.54, 1.807) is 0 Å². The van der Waals surface area contributed by atoms with Crippen LogP contribution in [0.4, 0.5) is 0 Å². The fraction of sp³-hybridized carbons (Fsp3) is 0.357. The van der Waals surface area contributed by atoms with Crippen molar-refractivity contribution in [2.75, 3.05) is 6.54 Å². The Morgan fingerprint density at radius 2 is 2.05 bits per heavy atom. The number of nitrogens with zero attached hydrogens (tertiary/aromatic N) is 1. The van der Waals surface area contributed by atoms with Crippen LogP contribution in [-0.4, -0.2) is 34.3 Å². The molecule has 1 aromatic rings. The highest BCUT2D eigenvalue weighted by Gasteiger charge is 2.40. The van der Waals surface area contributed by atoms with Gasteiger partial charge in [-0.15, -0.1) is 0 Å². The second kappa shape index (κ2) is 4.84. The van der Waals surface area contributed by atoms with Crippen LogP contribution in [0.3, 0.4) is 0 Å². The van der Waals surface area contributed by atoms with Gasteiger partial charge in [0.05, 0.1) is 5.92 Å². The van der Waals surface area contributed by atoms with Crippen molar-refractivity contribution >= 4 is 17.8 Å². The van der Waals surface area contributed by atoms with Gasteiger partial charge in [-0.1, -0.05) is 23.8 Å². The molecule has 2 rings (SSSR count). The molecular weight excluding hydrogens is 246 g/mol. The van der Waals surface area contributed by atoms with Crippen molar-refractivity contribution in [1.29, 1.82) is 0 Å². The van der Waals surface area contributed by atoms with Gasteiger partial charge in [-0.2, -0.15) is 0 Å². The van der Waals surface area contributed by atoms with E-state index in [-0.39, 0.29) is 6.42 Å². The highest BCUT2D eigenvalue weighted by molar-refractivity contribution is 6.07. The van der Waals surface area contributed by atoms with Crippen molar-refractivity contribution < 1.29 is 19.5 Å². The molecule has 5 heteroatoms. The number of likely N-dealkylation sites (tertiary alicyclic amines) is 1. The molecule has 0 aromatic heterocycles. The zero-order chi connectivity index (χ0) is 14.2. The van der Waals surface area contributed by atoms with E-state index in [1.165, 1.54) is 0 Å². The molecule has 0 radical (unpaired) electrons. The monoisotopic (exact) mass is 261 g/mol. The molecule has 1 aliphatic rings. The summed E-state index contributed by atoms with van der Waals surface area (Å²) in [6, 6.07) is 5.73. The van der Waals surface area contributed by atoms with Crippen molar-refractivity contribution in [2.45, 2.75) is 26.2 Å². The molecule has 1 heterocycles. The maximum Gasteiger partial charge on any atom is 0.323 e. The summed E-state index contributed by atoms with van der Waals surface area (Å²) in [4.78, 5) is 35.4. The lowest BCUT2D eigenvalue weighted by atomic mass is 9.92. The molecule has 2 amide bonds. The molecule has 19 heavy (non-hydrogen) atoms. The van der Waals surface area contributed by atoms with E-state index < -0.39 is 30.2 Å². The number of carbonyl (C=O) groups is 3. The van der Waals surface area contributed by atoms with Crippen LogP contribution in [0.15, 0.2) is 18.2 Å². The van der Waals surface area contributed by atoms with Gasteiger partial charge in [0.2, 0.25) is 11.8 Å². The van der Waals surface area contributed by atoms with Crippen LogP contribution in [0, 0.1) is 13.8 Å². The standard InChI is InChI=1S/C14H15NO4/c1-8-3-4-9(2)10(5-8)11-6-12(16)15(14(11)19)7-13(17)18/h3-5,11H,6-7H2,1-2H3,(H,17,18). The van der Waals surface area contributed by atoms with Gasteiger partial charge in [0, 0.05) is 6.42 Å². The molecule has 1 unspecified atom stereocenters. The Bertz CT molecular complexity index is 565. The molecule has 1 N–H and O–H groups in total. The van der Waals surface area contributed by atoms with Crippen LogP contribution in [0.2, 0.25) is 0 Å². The summed E-state index contributed by atoms with van der Waals surface area (Å²) >= 11 is 0. The van der Waals surface area contributed by atoms with Gasteiger partial charge in [-0.3, -0.25) is 19.3 Å². The number of imide groups is 1. The number of hydrogen-bond donors (Lipinski definition) is 1. The minimum atomic E-state index is -1.18. The predicted molar refractivity (Wildman–Crippen MR) is 67.6 cm³/mol. The molecule has 1 atom stereocenters. The van der Waals surface area contributed by atoms with Crippen molar-refractivity contribution in [1.82, 2.24) is 4.90 Å². The molecule has 0 aliphatic carbocycles. The Hall–Kier alpha value is -2.17. The third-order valence-corrected chi connectivity index (χ3v) is 3.35. The Balaban J connectivity index is 2.32. The van der Waals surface area contributed by atoms with Gasteiger partial charge in [0.1, 0.15) is 6.54 Å². The lowest BCUT2D eigenvalue weighted by Gasteiger charge is -2.14. The number of benzene rings is 1. The van der Waals surface area contributed by atoms with Crippen LogP contribution in [0.1, 0.15) is 29.0 Å². The van der Waals surface area contributed by atoms with Gasteiger partial charge in [-0.05, 0) is 25.0 Å². The van der Waals surface area contributed by atoms with E-state index in [4.69, 9.17) is 5.11 Å². The summed E-state index contributed by atoms with van der Waals surface area (Å²) in [6.07, 6.45) is 0.0520. The summed E-state index contributed by atoms with van der Waals surface area (Å²) in [6.45, 7) is 3.24. The molecule has 100 valence electrons. The number of carbonyl (C=O) groups excluding carboxylic acids is 2. The number of amides is 2. The summed E-state index contributed by atoms with van der Waals surface area (Å²) in [5.74, 6) is -2.56. The number of aryl methyl sites for hydroxylation is 2. The zero-order valence-electron chi connectivity index (χ0n) is 10.8. The largest absolute Gasteiger partial charge is 0.480 e. The molecule has 1 aromatic carbocycles. The third kappa shape index (κ3) is 2.50. The normalized spacial score (nSPS) is 19.1. The second-order valence-electron chi connectivity index (χ2n) is 4.83. The minimum absolute atomic E-state index is 0.0520. The number of hydrogen-bond acceptors (Lipinski definition) is 3. The van der Waals surface area contributed by atoms with Crippen LogP contribution in [0.25, 0.3) is 0 Å². The highest BCUT2D eigenvalue weighted by atomic mass is 16.4. The van der Waals surface area contributed by atoms with Crippen LogP contribution in [-0.2, 0) is 14.4 Å². The molecule has 0 bridgehead atoms. The number of rotatable bonds is 3. The van der Waals surface area contributed by atoms with Crippen molar-refractivity contribution in [3.8, 4) is 0 Å². The average Bonchev–Trinajstić information content (AvgIpc) is 2.60. The fourth-order valence-electron chi connectivity index (χ4n) is 2.36. The van der Waals surface area contributed by atoms with E-state index in [2.05, 4.69) is 0 Å². The van der Waals surface area contributed by atoms with Gasteiger partial charge in [0.15, 0.2) is 0 Å². The van der Waals surface area contributed by atoms with E-state index in [0.717, 1.165) is 21.6 Å². The van der Waals surface area contributed by atoms with Gasteiger partial charge in [0.25, 0.3) is 0 Å². The topological polar surface area (TPSA) is 74.7 Å². The Kier molecular flexibility index (Phi) is 3.38. The summed E-state index contributed by atoms with van der Waals surface area (Å²) < 4.78 is 0. The highest BCUT2D eigenvalue weighted by Crippen LogP contribution is 2.31. The maximum atomic E-state index is 12.2. The summed E-state index contributed by atoms with van der Waals surface area (Å²) in [7, 11) is 0. The van der Waals surface area contributed by atoms with E-state index in [9.17, 15) is 14.4 Å². The first kappa shape index (κ1) is 13.3. The number of aliphatic carboxylic acids is 1. The Labute approximate surface area is 110 Å². The van der Waals surface area contributed by atoms with E-state index >= 15 is 0 Å². The van der Waals surface area contributed by atoms with Crippen molar-refractivity contribution in [3.05, 3.63) is 34.9 Å². The van der Waals surface area contributed by atoms with Crippen molar-refractivity contribution in [2.24, 2.45) is 0 Å². The van der Waals surface area contributed by atoms with E-state index in [1.807, 2.05) is 32.0 Å². The van der Waals surface area contributed by atoms with Gasteiger partial charge < -0.3 is 5.11 Å². The molecule has 1 saturated heterocycles. The second-order valence-corrected chi connectivity index (χ2v) is 4.83.